The summed E-state index contributed by atoms with van der Waals surface area (Å²) in [5, 5.41) is 6.00. The van der Waals surface area contributed by atoms with Crippen LogP contribution in [0.25, 0.3) is 122 Å². The summed E-state index contributed by atoms with van der Waals surface area (Å²) in [5.74, 6) is 1.87. The fourth-order valence-electron chi connectivity index (χ4n) is 9.10. The van der Waals surface area contributed by atoms with Crippen LogP contribution in [0, 0.1) is 0 Å². The molecule has 0 bridgehead atoms. The van der Waals surface area contributed by atoms with Gasteiger partial charge in [0.2, 0.25) is 0 Å². The van der Waals surface area contributed by atoms with Crippen molar-refractivity contribution in [3.63, 3.8) is 0 Å². The number of pyridine rings is 1. The predicted octanol–water partition coefficient (Wildman–Crippen LogP) is 16.1. The summed E-state index contributed by atoms with van der Waals surface area (Å²) in [6, 6.07) is 85.3. The summed E-state index contributed by atoms with van der Waals surface area (Å²) in [7, 11) is 0. The molecule has 0 radical (unpaired) electrons. The summed E-state index contributed by atoms with van der Waals surface area (Å²) in [5.41, 5.74) is 15.0. The van der Waals surface area contributed by atoms with E-state index in [2.05, 4.69) is 231 Å². The molecule has 0 aliphatic heterocycles. The first kappa shape index (κ1) is 38.8. The average molecular weight is 841 g/mol. The van der Waals surface area contributed by atoms with Gasteiger partial charge in [-0.3, -0.25) is 0 Å². The van der Waals surface area contributed by atoms with Crippen molar-refractivity contribution in [3.05, 3.63) is 243 Å². The van der Waals surface area contributed by atoms with Crippen molar-refractivity contribution in [3.8, 4) is 89.9 Å². The monoisotopic (exact) mass is 840 g/mol. The Labute approximate surface area is 383 Å². The Balaban J connectivity index is 0.865. The molecule has 2 heterocycles. The number of para-hydroxylation sites is 1. The Morgan fingerprint density at radius 2 is 0.606 bits per heavy atom. The number of nitrogens with zero attached hydrogens (tertiary/aromatic N) is 4. The lowest BCUT2D eigenvalue weighted by atomic mass is 9.94. The third kappa shape index (κ3) is 7.36. The predicted molar refractivity (Wildman–Crippen MR) is 274 cm³/mol. The Morgan fingerprint density at radius 3 is 1.17 bits per heavy atom. The van der Waals surface area contributed by atoms with Gasteiger partial charge in [-0.15, -0.1) is 0 Å². The van der Waals surface area contributed by atoms with Crippen LogP contribution in [0.4, 0.5) is 0 Å². The minimum atomic E-state index is 0.620. The number of aromatic nitrogens is 4. The number of fused-ring (bicyclic) bond motifs is 5. The molecule has 0 aliphatic carbocycles. The van der Waals surface area contributed by atoms with E-state index in [0.29, 0.717) is 17.5 Å². The molecule has 4 nitrogen and oxygen atoms in total. The zero-order valence-corrected chi connectivity index (χ0v) is 35.9. The Morgan fingerprint density at radius 1 is 0.212 bits per heavy atom. The van der Waals surface area contributed by atoms with Crippen molar-refractivity contribution < 1.29 is 0 Å². The van der Waals surface area contributed by atoms with Gasteiger partial charge in [0.05, 0.1) is 11.2 Å². The van der Waals surface area contributed by atoms with Crippen molar-refractivity contribution in [2.75, 3.05) is 0 Å². The van der Waals surface area contributed by atoms with E-state index in [4.69, 9.17) is 19.9 Å². The maximum atomic E-state index is 5.26. The Hall–Kier alpha value is -8.86. The van der Waals surface area contributed by atoms with Crippen molar-refractivity contribution in [2.45, 2.75) is 0 Å². The molecule has 0 saturated carbocycles. The van der Waals surface area contributed by atoms with E-state index < -0.39 is 0 Å². The maximum Gasteiger partial charge on any atom is 0.164 e. The highest BCUT2D eigenvalue weighted by Gasteiger charge is 2.16. The van der Waals surface area contributed by atoms with Gasteiger partial charge < -0.3 is 0 Å². The highest BCUT2D eigenvalue weighted by Crippen LogP contribution is 2.38. The van der Waals surface area contributed by atoms with Crippen LogP contribution in [0.3, 0.4) is 0 Å². The lowest BCUT2D eigenvalue weighted by Gasteiger charge is -2.13. The largest absolute Gasteiger partial charge is 0.247 e. The fourth-order valence-corrected chi connectivity index (χ4v) is 9.10. The smallest absolute Gasteiger partial charge is 0.164 e. The lowest BCUT2D eigenvalue weighted by molar-refractivity contribution is 1.07. The van der Waals surface area contributed by atoms with Crippen molar-refractivity contribution >= 4 is 32.4 Å². The molecule has 0 atom stereocenters. The van der Waals surface area contributed by atoms with E-state index in [9.17, 15) is 0 Å². The molecular formula is C62H40N4. The normalized spacial score (nSPS) is 11.3. The molecule has 0 fully saturated rings. The molecule has 12 aromatic rings. The third-order valence-electron chi connectivity index (χ3n) is 12.6. The molecule has 0 unspecified atom stereocenters. The summed E-state index contributed by atoms with van der Waals surface area (Å²) < 4.78 is 0. The summed E-state index contributed by atoms with van der Waals surface area (Å²) in [4.78, 5) is 20.5. The van der Waals surface area contributed by atoms with Crippen LogP contribution in [0.1, 0.15) is 0 Å². The van der Waals surface area contributed by atoms with Gasteiger partial charge in [0.25, 0.3) is 0 Å². The van der Waals surface area contributed by atoms with E-state index in [1.54, 1.807) is 0 Å². The molecule has 10 aromatic carbocycles. The van der Waals surface area contributed by atoms with Crippen LogP contribution in [0.15, 0.2) is 243 Å². The Kier molecular flexibility index (Phi) is 9.81. The second-order valence-electron chi connectivity index (χ2n) is 16.6. The molecule has 2 aromatic heterocycles. The zero-order valence-electron chi connectivity index (χ0n) is 35.9. The van der Waals surface area contributed by atoms with Crippen LogP contribution < -0.4 is 0 Å². The van der Waals surface area contributed by atoms with Crippen LogP contribution in [0.5, 0.6) is 0 Å². The quantitative estimate of drug-likeness (QED) is 0.143. The van der Waals surface area contributed by atoms with Crippen LogP contribution in [-0.4, -0.2) is 19.9 Å². The SMILES string of the molecule is c1ccc(-c2ccc(-c3nc(-c4ccc(-c5ccccc5)cc4)nc(-c4cccc(-c5ccc(-c6ccc(-c7nc8ccccc8c8ccc9ccccc9c78)cc6)cc5)c4)n3)cc2)cc1. The third-order valence-corrected chi connectivity index (χ3v) is 12.6. The molecule has 0 amide bonds. The molecule has 0 N–H and O–H groups in total. The highest BCUT2D eigenvalue weighted by atomic mass is 15.0. The summed E-state index contributed by atoms with van der Waals surface area (Å²) >= 11 is 0. The standard InChI is InChI=1S/C62H40N4/c1-3-12-41(13-4-1)43-28-34-50(35-29-43)60-64-61(51-36-30-44(31-37-51)42-14-5-2-6-15-42)66-62(65-60)53-18-11-17-52(40-53)47-24-22-45(23-25-47)46-26-32-49(33-27-46)59-58-54-19-8-7-16-48(54)38-39-56(58)55-20-9-10-21-57(55)63-59/h1-40H. The topological polar surface area (TPSA) is 51.6 Å². The van der Waals surface area contributed by atoms with Crippen molar-refractivity contribution in [1.29, 1.82) is 0 Å². The molecule has 308 valence electrons. The summed E-state index contributed by atoms with van der Waals surface area (Å²) in [6.45, 7) is 0. The zero-order chi connectivity index (χ0) is 43.8. The fraction of sp³-hybridized carbons (Fsp3) is 0. The van der Waals surface area contributed by atoms with Gasteiger partial charge in [-0.1, -0.05) is 231 Å². The van der Waals surface area contributed by atoms with Crippen molar-refractivity contribution in [2.24, 2.45) is 0 Å². The first-order chi connectivity index (χ1) is 32.7. The second kappa shape index (κ2) is 16.7. The number of hydrogen-bond donors (Lipinski definition) is 0. The molecular weight excluding hydrogens is 801 g/mol. The van der Waals surface area contributed by atoms with Gasteiger partial charge >= 0.3 is 0 Å². The van der Waals surface area contributed by atoms with Gasteiger partial charge in [0, 0.05) is 33.0 Å². The van der Waals surface area contributed by atoms with Crippen molar-refractivity contribution in [1.82, 2.24) is 19.9 Å². The number of hydrogen-bond acceptors (Lipinski definition) is 4. The second-order valence-corrected chi connectivity index (χ2v) is 16.6. The lowest BCUT2D eigenvalue weighted by Crippen LogP contribution is -2.00. The van der Waals surface area contributed by atoms with Crippen LogP contribution in [-0.2, 0) is 0 Å². The van der Waals surface area contributed by atoms with E-state index in [1.807, 2.05) is 12.1 Å². The van der Waals surface area contributed by atoms with Crippen LogP contribution >= 0.6 is 0 Å². The van der Waals surface area contributed by atoms with Gasteiger partial charge in [-0.2, -0.15) is 0 Å². The average Bonchev–Trinajstić information content (AvgIpc) is 3.41. The molecule has 4 heteroatoms. The van der Waals surface area contributed by atoms with Gasteiger partial charge in [-0.05, 0) is 72.8 Å². The van der Waals surface area contributed by atoms with Gasteiger partial charge in [0.15, 0.2) is 17.5 Å². The summed E-state index contributed by atoms with van der Waals surface area (Å²) in [6.07, 6.45) is 0. The number of rotatable bonds is 8. The van der Waals surface area contributed by atoms with Gasteiger partial charge in [-0.25, -0.2) is 19.9 Å². The van der Waals surface area contributed by atoms with E-state index >= 15 is 0 Å². The number of benzene rings is 10. The molecule has 0 spiro atoms. The van der Waals surface area contributed by atoms with Crippen LogP contribution in [0.2, 0.25) is 0 Å². The van der Waals surface area contributed by atoms with Gasteiger partial charge in [0.1, 0.15) is 0 Å². The first-order valence-electron chi connectivity index (χ1n) is 22.3. The molecule has 12 rings (SSSR count). The highest BCUT2D eigenvalue weighted by molar-refractivity contribution is 6.21. The van der Waals surface area contributed by atoms with E-state index in [0.717, 1.165) is 66.8 Å². The van der Waals surface area contributed by atoms with E-state index in [1.165, 1.54) is 38.1 Å². The Bertz CT molecular complexity index is 3600. The first-order valence-corrected chi connectivity index (χ1v) is 22.3. The maximum absolute atomic E-state index is 5.26. The molecule has 0 saturated heterocycles. The molecule has 0 aliphatic rings. The minimum Gasteiger partial charge on any atom is -0.247 e. The minimum absolute atomic E-state index is 0.620. The molecule has 66 heavy (non-hydrogen) atoms. The van der Waals surface area contributed by atoms with E-state index in [-0.39, 0.29) is 0 Å².